The molecule has 4 nitrogen and oxygen atoms in total. The van der Waals surface area contributed by atoms with Crippen molar-refractivity contribution in [2.24, 2.45) is 0 Å². The number of benzene rings is 3. The monoisotopic (exact) mass is 572 g/mol. The number of hydrogen-bond acceptors (Lipinski definition) is 3. The summed E-state index contributed by atoms with van der Waals surface area (Å²) >= 11 is 11.0. The first-order valence-corrected chi connectivity index (χ1v) is 13.8. The average Bonchev–Trinajstić information content (AvgIpc) is 2.86. The molecule has 7 heteroatoms. The maximum absolute atomic E-state index is 13.7. The minimum Gasteiger partial charge on any atom is -0.352 e. The molecule has 0 unspecified atom stereocenters. The zero-order valence-electron chi connectivity index (χ0n) is 19.9. The lowest BCUT2D eigenvalue weighted by Gasteiger charge is -2.32. The van der Waals surface area contributed by atoms with Crippen molar-refractivity contribution < 1.29 is 9.59 Å². The van der Waals surface area contributed by atoms with Crippen LogP contribution in [0, 0.1) is 0 Å². The molecule has 3 aromatic rings. The van der Waals surface area contributed by atoms with Gasteiger partial charge in [0.1, 0.15) is 6.04 Å². The second-order valence-electron chi connectivity index (χ2n) is 8.42. The minimum atomic E-state index is -0.635. The van der Waals surface area contributed by atoms with Crippen molar-refractivity contribution in [1.82, 2.24) is 10.2 Å². The number of nitrogens with one attached hydrogen (secondary N) is 1. The van der Waals surface area contributed by atoms with E-state index >= 15 is 0 Å². The standard InChI is InChI=1S/C28H30BrClN2O2S/c1-3-20(2)31-28(34)26(17-21-8-5-4-6-9-21)32(18-22-10-7-11-23(29)16-22)27(33)19-35-25-14-12-24(30)13-15-25/h4-16,20,26H,3,17-19H2,1-2H3,(H,31,34)/t20-,26-/m0/s1. The second kappa shape index (κ2) is 13.7. The van der Waals surface area contributed by atoms with E-state index in [9.17, 15) is 9.59 Å². The Kier molecular flexibility index (Phi) is 10.7. The molecule has 0 aromatic heterocycles. The number of hydrogen-bond donors (Lipinski definition) is 1. The van der Waals surface area contributed by atoms with Gasteiger partial charge in [-0.1, -0.05) is 76.9 Å². The fourth-order valence-corrected chi connectivity index (χ4v) is 4.94. The third-order valence-corrected chi connectivity index (χ3v) is 7.43. The Labute approximate surface area is 225 Å². The highest BCUT2D eigenvalue weighted by Gasteiger charge is 2.31. The zero-order valence-corrected chi connectivity index (χ0v) is 23.1. The Bertz CT molecular complexity index is 1110. The molecule has 0 saturated carbocycles. The number of carbonyl (C=O) groups is 2. The van der Waals surface area contributed by atoms with Gasteiger partial charge < -0.3 is 10.2 Å². The van der Waals surface area contributed by atoms with E-state index in [2.05, 4.69) is 21.2 Å². The van der Waals surface area contributed by atoms with Gasteiger partial charge in [0, 0.05) is 33.4 Å². The van der Waals surface area contributed by atoms with Crippen molar-refractivity contribution in [2.75, 3.05) is 5.75 Å². The molecule has 0 saturated heterocycles. The first kappa shape index (κ1) is 27.3. The van der Waals surface area contributed by atoms with Crippen molar-refractivity contribution in [3.05, 3.63) is 99.5 Å². The van der Waals surface area contributed by atoms with Crippen LogP contribution in [0.1, 0.15) is 31.4 Å². The van der Waals surface area contributed by atoms with Crippen LogP contribution in [0.3, 0.4) is 0 Å². The number of rotatable bonds is 11. The largest absolute Gasteiger partial charge is 0.352 e. The van der Waals surface area contributed by atoms with Crippen LogP contribution >= 0.6 is 39.3 Å². The molecule has 3 rings (SSSR count). The van der Waals surface area contributed by atoms with Gasteiger partial charge in [0.25, 0.3) is 0 Å². The normalized spacial score (nSPS) is 12.6. The minimum absolute atomic E-state index is 0.0204. The maximum atomic E-state index is 13.7. The summed E-state index contributed by atoms with van der Waals surface area (Å²) in [6.45, 7) is 4.35. The van der Waals surface area contributed by atoms with Gasteiger partial charge in [-0.05, 0) is 60.9 Å². The Balaban J connectivity index is 1.90. The summed E-state index contributed by atoms with van der Waals surface area (Å²) in [5, 5.41) is 3.75. The van der Waals surface area contributed by atoms with Gasteiger partial charge in [0.15, 0.2) is 0 Å². The molecule has 0 fully saturated rings. The van der Waals surface area contributed by atoms with Crippen LogP contribution in [-0.4, -0.2) is 34.6 Å². The topological polar surface area (TPSA) is 49.4 Å². The highest BCUT2D eigenvalue weighted by molar-refractivity contribution is 9.10. The highest BCUT2D eigenvalue weighted by atomic mass is 79.9. The first-order chi connectivity index (χ1) is 16.9. The molecule has 0 bridgehead atoms. The second-order valence-corrected chi connectivity index (χ2v) is 10.8. The predicted molar refractivity (Wildman–Crippen MR) is 149 cm³/mol. The molecule has 1 N–H and O–H groups in total. The number of thioether (sulfide) groups is 1. The van der Waals surface area contributed by atoms with E-state index in [4.69, 9.17) is 11.6 Å². The van der Waals surface area contributed by atoms with Crippen LogP contribution in [0.15, 0.2) is 88.2 Å². The molecule has 0 heterocycles. The molecule has 0 aliphatic heterocycles. The third kappa shape index (κ3) is 8.71. The molecule has 0 spiro atoms. The Morgan fingerprint density at radius 2 is 1.69 bits per heavy atom. The van der Waals surface area contributed by atoms with E-state index in [-0.39, 0.29) is 23.6 Å². The fourth-order valence-electron chi connectivity index (χ4n) is 3.59. The molecule has 35 heavy (non-hydrogen) atoms. The molecule has 0 aliphatic carbocycles. The van der Waals surface area contributed by atoms with Crippen molar-refractivity contribution in [3.8, 4) is 0 Å². The van der Waals surface area contributed by atoms with Crippen LogP contribution in [-0.2, 0) is 22.6 Å². The molecule has 0 radical (unpaired) electrons. The molecular formula is C28H30BrClN2O2S. The summed E-state index contributed by atoms with van der Waals surface area (Å²) in [6, 6.07) is 24.5. The summed E-state index contributed by atoms with van der Waals surface area (Å²) in [4.78, 5) is 29.8. The van der Waals surface area contributed by atoms with E-state index in [1.165, 1.54) is 11.8 Å². The zero-order chi connectivity index (χ0) is 25.2. The van der Waals surface area contributed by atoms with Crippen LogP contribution in [0.5, 0.6) is 0 Å². The van der Waals surface area contributed by atoms with Gasteiger partial charge >= 0.3 is 0 Å². The van der Waals surface area contributed by atoms with Crippen molar-refractivity contribution in [1.29, 1.82) is 0 Å². The lowest BCUT2D eigenvalue weighted by atomic mass is 10.0. The molecule has 2 atom stereocenters. The van der Waals surface area contributed by atoms with Gasteiger partial charge in [-0.15, -0.1) is 11.8 Å². The third-order valence-electron chi connectivity index (χ3n) is 5.69. The summed E-state index contributed by atoms with van der Waals surface area (Å²) in [7, 11) is 0. The molecule has 0 aliphatic rings. The van der Waals surface area contributed by atoms with Crippen LogP contribution < -0.4 is 5.32 Å². The van der Waals surface area contributed by atoms with Crippen molar-refractivity contribution in [3.63, 3.8) is 0 Å². The number of nitrogens with zero attached hydrogens (tertiary/aromatic N) is 1. The Hall–Kier alpha value is -2.28. The lowest BCUT2D eigenvalue weighted by molar-refractivity contribution is -0.139. The summed E-state index contributed by atoms with van der Waals surface area (Å²) < 4.78 is 0.932. The van der Waals surface area contributed by atoms with Crippen LogP contribution in [0.4, 0.5) is 0 Å². The van der Waals surface area contributed by atoms with E-state index in [0.717, 1.165) is 26.9 Å². The van der Waals surface area contributed by atoms with Crippen LogP contribution in [0.25, 0.3) is 0 Å². The Morgan fingerprint density at radius 3 is 2.34 bits per heavy atom. The lowest BCUT2D eigenvalue weighted by Crippen LogP contribution is -2.52. The van der Waals surface area contributed by atoms with Gasteiger partial charge in [-0.25, -0.2) is 0 Å². The first-order valence-electron chi connectivity index (χ1n) is 11.6. The average molecular weight is 574 g/mol. The van der Waals surface area contributed by atoms with E-state index in [0.29, 0.717) is 18.0 Å². The molecule has 3 aromatic carbocycles. The van der Waals surface area contributed by atoms with E-state index in [1.807, 2.05) is 92.7 Å². The van der Waals surface area contributed by atoms with Gasteiger partial charge in [-0.2, -0.15) is 0 Å². The van der Waals surface area contributed by atoms with E-state index in [1.54, 1.807) is 4.90 Å². The van der Waals surface area contributed by atoms with Gasteiger partial charge in [-0.3, -0.25) is 9.59 Å². The summed E-state index contributed by atoms with van der Waals surface area (Å²) in [5.74, 6) is -0.00874. The molecular weight excluding hydrogens is 544 g/mol. The summed E-state index contributed by atoms with van der Waals surface area (Å²) in [5.41, 5.74) is 1.97. The maximum Gasteiger partial charge on any atom is 0.243 e. The van der Waals surface area contributed by atoms with Crippen LogP contribution in [0.2, 0.25) is 5.02 Å². The fraction of sp³-hybridized carbons (Fsp3) is 0.286. The number of halogens is 2. The van der Waals surface area contributed by atoms with E-state index < -0.39 is 6.04 Å². The van der Waals surface area contributed by atoms with Gasteiger partial charge in [0.05, 0.1) is 5.75 Å². The molecule has 184 valence electrons. The van der Waals surface area contributed by atoms with Crippen molar-refractivity contribution in [2.45, 2.75) is 50.2 Å². The quantitative estimate of drug-likeness (QED) is 0.258. The SMILES string of the molecule is CC[C@H](C)NC(=O)[C@H](Cc1ccccc1)N(Cc1cccc(Br)c1)C(=O)CSc1ccc(Cl)cc1. The number of amides is 2. The smallest absolute Gasteiger partial charge is 0.243 e. The number of carbonyl (C=O) groups excluding carboxylic acids is 2. The molecule has 2 amide bonds. The summed E-state index contributed by atoms with van der Waals surface area (Å²) in [6.07, 6.45) is 1.25. The van der Waals surface area contributed by atoms with Crippen molar-refractivity contribution >= 4 is 51.1 Å². The predicted octanol–water partition coefficient (Wildman–Crippen LogP) is 6.75. The highest BCUT2D eigenvalue weighted by Crippen LogP contribution is 2.23. The van der Waals surface area contributed by atoms with Gasteiger partial charge in [0.2, 0.25) is 11.8 Å². The Morgan fingerprint density at radius 1 is 1.00 bits per heavy atom.